The lowest BCUT2D eigenvalue weighted by Gasteiger charge is -2.19. The fourth-order valence-corrected chi connectivity index (χ4v) is 3.52. The van der Waals surface area contributed by atoms with Crippen LogP contribution in [0.4, 0.5) is 5.69 Å². The molecule has 9 heteroatoms. The van der Waals surface area contributed by atoms with Crippen LogP contribution in [0, 0.1) is 13.8 Å². The number of nitrogens with one attached hydrogen (secondary N) is 1. The van der Waals surface area contributed by atoms with Crippen LogP contribution in [-0.2, 0) is 4.79 Å². The second-order valence-corrected chi connectivity index (χ2v) is 7.56. The van der Waals surface area contributed by atoms with Crippen molar-refractivity contribution in [2.45, 2.75) is 31.2 Å². The fraction of sp³-hybridized carbons (Fsp3) is 0.333. The average Bonchev–Trinajstić information content (AvgIpc) is 3.04. The van der Waals surface area contributed by atoms with Crippen molar-refractivity contribution in [3.8, 4) is 11.5 Å². The normalized spacial score (nSPS) is 14.2. The summed E-state index contributed by atoms with van der Waals surface area (Å²) in [4.78, 5) is 21.3. The van der Waals surface area contributed by atoms with Gasteiger partial charge in [0.15, 0.2) is 11.5 Å². The van der Waals surface area contributed by atoms with Gasteiger partial charge in [-0.2, -0.15) is 4.98 Å². The summed E-state index contributed by atoms with van der Waals surface area (Å²) in [5, 5.41) is 7.46. The first-order valence-electron chi connectivity index (χ1n) is 8.58. The maximum absolute atomic E-state index is 12.5. The van der Waals surface area contributed by atoms with Gasteiger partial charge < -0.3 is 14.8 Å². The monoisotopic (exact) mass is 385 g/mol. The zero-order valence-corrected chi connectivity index (χ0v) is 16.0. The summed E-state index contributed by atoms with van der Waals surface area (Å²) in [6, 6.07) is 7.29. The fourth-order valence-electron chi connectivity index (χ4n) is 2.77. The minimum atomic E-state index is -0.378. The number of ether oxygens (including phenoxy) is 2. The molecule has 27 heavy (non-hydrogen) atoms. The van der Waals surface area contributed by atoms with Crippen LogP contribution in [0.15, 0.2) is 29.4 Å². The second kappa shape index (κ2) is 7.07. The maximum atomic E-state index is 12.5. The van der Waals surface area contributed by atoms with E-state index in [0.29, 0.717) is 41.3 Å². The zero-order valence-electron chi connectivity index (χ0n) is 15.2. The largest absolute Gasteiger partial charge is 0.486 e. The molecule has 1 aliphatic heterocycles. The molecule has 0 aliphatic carbocycles. The Labute approximate surface area is 160 Å². The smallest absolute Gasteiger partial charge is 0.253 e. The Hall–Kier alpha value is -2.81. The molecule has 0 saturated heterocycles. The van der Waals surface area contributed by atoms with Crippen molar-refractivity contribution in [3.05, 3.63) is 35.7 Å². The van der Waals surface area contributed by atoms with Crippen LogP contribution in [0.3, 0.4) is 0 Å². The minimum Gasteiger partial charge on any atom is -0.486 e. The molecule has 140 valence electrons. The van der Waals surface area contributed by atoms with Crippen LogP contribution in [0.5, 0.6) is 11.5 Å². The van der Waals surface area contributed by atoms with Crippen LogP contribution < -0.4 is 14.8 Å². The number of aromatic nitrogens is 4. The van der Waals surface area contributed by atoms with Gasteiger partial charge in [-0.25, -0.2) is 9.50 Å². The predicted molar refractivity (Wildman–Crippen MR) is 102 cm³/mol. The topological polar surface area (TPSA) is 90.6 Å². The van der Waals surface area contributed by atoms with Gasteiger partial charge in [0.25, 0.3) is 5.78 Å². The van der Waals surface area contributed by atoms with Crippen molar-refractivity contribution in [3.63, 3.8) is 0 Å². The van der Waals surface area contributed by atoms with Gasteiger partial charge in [0.05, 0.1) is 5.25 Å². The number of carbonyl (C=O) groups excluding carboxylic acids is 1. The first-order chi connectivity index (χ1) is 13.0. The van der Waals surface area contributed by atoms with Gasteiger partial charge in [0, 0.05) is 23.1 Å². The molecule has 0 bridgehead atoms. The molecule has 1 aromatic carbocycles. The Balaban J connectivity index is 1.46. The lowest BCUT2D eigenvalue weighted by molar-refractivity contribution is -0.115. The zero-order chi connectivity index (χ0) is 19.0. The number of aryl methyl sites for hydroxylation is 2. The number of nitrogens with zero attached hydrogens (tertiary/aromatic N) is 4. The number of hydrogen-bond acceptors (Lipinski definition) is 7. The Morgan fingerprint density at radius 2 is 1.96 bits per heavy atom. The van der Waals surface area contributed by atoms with Crippen LogP contribution in [0.25, 0.3) is 5.78 Å². The number of amides is 1. The van der Waals surface area contributed by atoms with Crippen LogP contribution in [0.1, 0.15) is 18.3 Å². The predicted octanol–water partition coefficient (Wildman–Crippen LogP) is 2.63. The summed E-state index contributed by atoms with van der Waals surface area (Å²) in [7, 11) is 0. The van der Waals surface area contributed by atoms with Crippen molar-refractivity contribution in [1.82, 2.24) is 19.6 Å². The number of rotatable bonds is 4. The Kier molecular flexibility index (Phi) is 4.61. The molecule has 1 aliphatic rings. The van der Waals surface area contributed by atoms with Gasteiger partial charge in [-0.15, -0.1) is 5.10 Å². The van der Waals surface area contributed by atoms with E-state index in [1.54, 1.807) is 22.7 Å². The lowest BCUT2D eigenvalue weighted by atomic mass is 10.2. The van der Waals surface area contributed by atoms with Crippen molar-refractivity contribution >= 4 is 29.1 Å². The molecule has 1 atom stereocenters. The molecule has 0 saturated carbocycles. The molecule has 0 fully saturated rings. The highest BCUT2D eigenvalue weighted by Crippen LogP contribution is 2.33. The van der Waals surface area contributed by atoms with Gasteiger partial charge in [0.2, 0.25) is 11.1 Å². The Morgan fingerprint density at radius 3 is 2.78 bits per heavy atom. The van der Waals surface area contributed by atoms with E-state index in [9.17, 15) is 4.79 Å². The SMILES string of the molecule is Cc1cc(C)n2nc(SC(C)C(=O)Nc3ccc4c(c3)OCCO4)nc2n1. The van der Waals surface area contributed by atoms with Gasteiger partial charge in [-0.05, 0) is 39.0 Å². The molecular weight excluding hydrogens is 366 g/mol. The number of fused-ring (bicyclic) bond motifs is 2. The number of benzene rings is 1. The number of thioether (sulfide) groups is 1. The van der Waals surface area contributed by atoms with Gasteiger partial charge in [-0.1, -0.05) is 11.8 Å². The van der Waals surface area contributed by atoms with Crippen LogP contribution >= 0.6 is 11.8 Å². The molecular formula is C18H19N5O3S. The third kappa shape index (κ3) is 3.68. The molecule has 4 rings (SSSR count). The molecule has 0 spiro atoms. The summed E-state index contributed by atoms with van der Waals surface area (Å²) < 4.78 is 12.7. The molecule has 1 N–H and O–H groups in total. The summed E-state index contributed by atoms with van der Waals surface area (Å²) >= 11 is 1.29. The summed E-state index contributed by atoms with van der Waals surface area (Å²) in [6.07, 6.45) is 0. The lowest BCUT2D eigenvalue weighted by Crippen LogP contribution is -2.23. The third-order valence-corrected chi connectivity index (χ3v) is 5.01. The van der Waals surface area contributed by atoms with E-state index in [2.05, 4.69) is 20.4 Å². The van der Waals surface area contributed by atoms with Crippen LogP contribution in [-0.4, -0.2) is 44.0 Å². The Morgan fingerprint density at radius 1 is 1.19 bits per heavy atom. The Bertz CT molecular complexity index is 1020. The summed E-state index contributed by atoms with van der Waals surface area (Å²) in [5.41, 5.74) is 2.49. The minimum absolute atomic E-state index is 0.142. The van der Waals surface area contributed by atoms with E-state index in [0.717, 1.165) is 11.4 Å². The number of anilines is 1. The summed E-state index contributed by atoms with van der Waals surface area (Å²) in [5.74, 6) is 1.72. The number of hydrogen-bond donors (Lipinski definition) is 1. The van der Waals surface area contributed by atoms with Gasteiger partial charge >= 0.3 is 0 Å². The van der Waals surface area contributed by atoms with E-state index in [1.165, 1.54) is 11.8 Å². The van der Waals surface area contributed by atoms with Crippen molar-refractivity contribution in [2.24, 2.45) is 0 Å². The highest BCUT2D eigenvalue weighted by atomic mass is 32.2. The van der Waals surface area contributed by atoms with E-state index in [1.807, 2.05) is 26.8 Å². The third-order valence-electron chi connectivity index (χ3n) is 4.06. The second-order valence-electron chi connectivity index (χ2n) is 6.25. The van der Waals surface area contributed by atoms with E-state index in [4.69, 9.17) is 9.47 Å². The first kappa shape index (κ1) is 17.6. The average molecular weight is 385 g/mol. The van der Waals surface area contributed by atoms with E-state index < -0.39 is 0 Å². The molecule has 1 unspecified atom stereocenters. The molecule has 0 radical (unpaired) electrons. The van der Waals surface area contributed by atoms with Crippen molar-refractivity contribution in [2.75, 3.05) is 18.5 Å². The van der Waals surface area contributed by atoms with Crippen molar-refractivity contribution < 1.29 is 14.3 Å². The molecule has 1 amide bonds. The first-order valence-corrected chi connectivity index (χ1v) is 9.46. The van der Waals surface area contributed by atoms with Crippen LogP contribution in [0.2, 0.25) is 0 Å². The maximum Gasteiger partial charge on any atom is 0.253 e. The van der Waals surface area contributed by atoms with E-state index >= 15 is 0 Å². The highest BCUT2D eigenvalue weighted by Gasteiger charge is 2.19. The highest BCUT2D eigenvalue weighted by molar-refractivity contribution is 8.00. The standard InChI is InChI=1S/C18H19N5O3S/c1-10-8-11(2)23-17(19-10)21-18(22-23)27-12(3)16(24)20-13-4-5-14-15(9-13)26-7-6-25-14/h4-5,8-9,12H,6-7H2,1-3H3,(H,20,24). The molecule has 3 aromatic rings. The van der Waals surface area contributed by atoms with Crippen molar-refractivity contribution in [1.29, 1.82) is 0 Å². The van der Waals surface area contributed by atoms with Gasteiger partial charge in [-0.3, -0.25) is 4.79 Å². The molecule has 3 heterocycles. The van der Waals surface area contributed by atoms with E-state index in [-0.39, 0.29) is 11.2 Å². The number of carbonyl (C=O) groups is 1. The molecule has 8 nitrogen and oxygen atoms in total. The summed E-state index contributed by atoms with van der Waals surface area (Å²) in [6.45, 7) is 6.71. The molecule has 2 aromatic heterocycles. The quantitative estimate of drug-likeness (QED) is 0.690. The van der Waals surface area contributed by atoms with Gasteiger partial charge in [0.1, 0.15) is 13.2 Å².